The number of hydrogen-bond donors (Lipinski definition) is 1. The third-order valence-electron chi connectivity index (χ3n) is 5.06. The molecule has 1 N–H and O–H groups in total. The SMILES string of the molecule is Brc1cccc(C(c2cccc(Oc3ccccc3)c2)N2CCCNCC2)c1. The van der Waals surface area contributed by atoms with Crippen molar-refractivity contribution in [2.24, 2.45) is 0 Å². The van der Waals surface area contributed by atoms with E-state index in [-0.39, 0.29) is 6.04 Å². The fourth-order valence-corrected chi connectivity index (χ4v) is 4.21. The molecule has 4 heteroatoms. The van der Waals surface area contributed by atoms with E-state index in [0.29, 0.717) is 0 Å². The monoisotopic (exact) mass is 436 g/mol. The molecule has 1 aliphatic heterocycles. The Morgan fingerprint density at radius 1 is 0.786 bits per heavy atom. The zero-order valence-corrected chi connectivity index (χ0v) is 17.4. The Kier molecular flexibility index (Phi) is 6.42. The Morgan fingerprint density at radius 3 is 2.36 bits per heavy atom. The molecule has 144 valence electrons. The van der Waals surface area contributed by atoms with Crippen LogP contribution in [0.3, 0.4) is 0 Å². The first-order chi connectivity index (χ1) is 13.8. The van der Waals surface area contributed by atoms with Crippen LogP contribution in [0.1, 0.15) is 23.6 Å². The van der Waals surface area contributed by atoms with Crippen LogP contribution in [0.2, 0.25) is 0 Å². The van der Waals surface area contributed by atoms with Crippen molar-refractivity contribution in [3.63, 3.8) is 0 Å². The topological polar surface area (TPSA) is 24.5 Å². The fraction of sp³-hybridized carbons (Fsp3) is 0.250. The molecule has 0 bridgehead atoms. The standard InChI is InChI=1S/C24H25BrN2O/c25-21-9-4-7-19(17-21)24(27-15-6-13-26-14-16-27)20-8-5-12-23(18-20)28-22-10-2-1-3-11-22/h1-5,7-12,17-18,24,26H,6,13-16H2. The molecule has 3 aromatic carbocycles. The van der Waals surface area contributed by atoms with Gasteiger partial charge < -0.3 is 10.1 Å². The van der Waals surface area contributed by atoms with Gasteiger partial charge in [0.05, 0.1) is 6.04 Å². The minimum Gasteiger partial charge on any atom is -0.457 e. The van der Waals surface area contributed by atoms with E-state index in [0.717, 1.165) is 48.6 Å². The van der Waals surface area contributed by atoms with Crippen LogP contribution in [-0.2, 0) is 0 Å². The lowest BCUT2D eigenvalue weighted by Crippen LogP contribution is -2.33. The van der Waals surface area contributed by atoms with E-state index >= 15 is 0 Å². The summed E-state index contributed by atoms with van der Waals surface area (Å²) in [5, 5.41) is 3.51. The van der Waals surface area contributed by atoms with Crippen LogP contribution in [0.5, 0.6) is 11.5 Å². The van der Waals surface area contributed by atoms with Gasteiger partial charge in [0, 0.05) is 24.1 Å². The molecule has 3 aromatic rings. The summed E-state index contributed by atoms with van der Waals surface area (Å²) in [6.07, 6.45) is 1.16. The second kappa shape index (κ2) is 9.37. The van der Waals surface area contributed by atoms with Crippen LogP contribution in [0.15, 0.2) is 83.3 Å². The average molecular weight is 437 g/mol. The summed E-state index contributed by atoms with van der Waals surface area (Å²) in [6, 6.07) is 27.3. The molecule has 0 saturated carbocycles. The summed E-state index contributed by atoms with van der Waals surface area (Å²) >= 11 is 3.65. The molecular weight excluding hydrogens is 412 g/mol. The molecule has 1 unspecified atom stereocenters. The van der Waals surface area contributed by atoms with Crippen molar-refractivity contribution in [3.8, 4) is 11.5 Å². The lowest BCUT2D eigenvalue weighted by atomic mass is 9.96. The smallest absolute Gasteiger partial charge is 0.127 e. The van der Waals surface area contributed by atoms with E-state index in [2.05, 4.69) is 68.6 Å². The Balaban J connectivity index is 1.68. The number of nitrogens with one attached hydrogen (secondary N) is 1. The summed E-state index contributed by atoms with van der Waals surface area (Å²) in [5.74, 6) is 1.73. The Morgan fingerprint density at radius 2 is 1.54 bits per heavy atom. The van der Waals surface area contributed by atoms with Gasteiger partial charge in [0.15, 0.2) is 0 Å². The molecule has 1 atom stereocenters. The predicted octanol–water partition coefficient (Wildman–Crippen LogP) is 5.63. The van der Waals surface area contributed by atoms with Crippen LogP contribution in [0.4, 0.5) is 0 Å². The van der Waals surface area contributed by atoms with Crippen molar-refractivity contribution in [1.29, 1.82) is 0 Å². The fourth-order valence-electron chi connectivity index (χ4n) is 3.79. The zero-order valence-electron chi connectivity index (χ0n) is 15.9. The summed E-state index contributed by atoms with van der Waals surface area (Å²) in [5.41, 5.74) is 2.56. The predicted molar refractivity (Wildman–Crippen MR) is 118 cm³/mol. The maximum Gasteiger partial charge on any atom is 0.127 e. The lowest BCUT2D eigenvalue weighted by Gasteiger charge is -2.31. The van der Waals surface area contributed by atoms with Crippen molar-refractivity contribution < 1.29 is 4.74 Å². The largest absolute Gasteiger partial charge is 0.457 e. The molecule has 3 nitrogen and oxygen atoms in total. The van der Waals surface area contributed by atoms with Gasteiger partial charge in [-0.3, -0.25) is 4.90 Å². The molecule has 0 radical (unpaired) electrons. The first-order valence-electron chi connectivity index (χ1n) is 9.83. The van der Waals surface area contributed by atoms with Gasteiger partial charge in [0.2, 0.25) is 0 Å². The second-order valence-electron chi connectivity index (χ2n) is 7.08. The van der Waals surface area contributed by atoms with E-state index in [1.807, 2.05) is 36.4 Å². The molecule has 0 aliphatic carbocycles. The molecule has 0 amide bonds. The van der Waals surface area contributed by atoms with Crippen molar-refractivity contribution in [2.75, 3.05) is 26.2 Å². The van der Waals surface area contributed by atoms with Crippen LogP contribution in [-0.4, -0.2) is 31.1 Å². The summed E-state index contributed by atoms with van der Waals surface area (Å²) < 4.78 is 7.21. The van der Waals surface area contributed by atoms with Crippen LogP contribution >= 0.6 is 15.9 Å². The van der Waals surface area contributed by atoms with Gasteiger partial charge in [0.1, 0.15) is 11.5 Å². The maximum absolute atomic E-state index is 6.10. The van der Waals surface area contributed by atoms with E-state index in [9.17, 15) is 0 Å². The van der Waals surface area contributed by atoms with E-state index in [1.165, 1.54) is 11.1 Å². The van der Waals surface area contributed by atoms with E-state index in [4.69, 9.17) is 4.74 Å². The quantitative estimate of drug-likeness (QED) is 0.560. The van der Waals surface area contributed by atoms with Crippen molar-refractivity contribution in [1.82, 2.24) is 10.2 Å². The Bertz CT molecular complexity index is 892. The van der Waals surface area contributed by atoms with Gasteiger partial charge in [-0.15, -0.1) is 0 Å². The summed E-state index contributed by atoms with van der Waals surface area (Å²) in [6.45, 7) is 4.21. The minimum absolute atomic E-state index is 0.205. The van der Waals surface area contributed by atoms with Crippen LogP contribution < -0.4 is 10.1 Å². The second-order valence-corrected chi connectivity index (χ2v) is 8.00. The molecule has 1 fully saturated rings. The molecule has 4 rings (SSSR count). The zero-order chi connectivity index (χ0) is 19.2. The molecule has 0 spiro atoms. The number of rotatable bonds is 5. The summed E-state index contributed by atoms with van der Waals surface area (Å²) in [7, 11) is 0. The van der Waals surface area contributed by atoms with Gasteiger partial charge >= 0.3 is 0 Å². The molecule has 1 heterocycles. The number of benzene rings is 3. The van der Waals surface area contributed by atoms with Crippen molar-refractivity contribution in [2.45, 2.75) is 12.5 Å². The van der Waals surface area contributed by atoms with Gasteiger partial charge in [-0.05, 0) is 60.5 Å². The highest BCUT2D eigenvalue weighted by molar-refractivity contribution is 9.10. The third kappa shape index (κ3) is 4.82. The lowest BCUT2D eigenvalue weighted by molar-refractivity contribution is 0.240. The number of halogens is 1. The third-order valence-corrected chi connectivity index (χ3v) is 5.55. The van der Waals surface area contributed by atoms with Gasteiger partial charge in [-0.25, -0.2) is 0 Å². The Labute approximate surface area is 175 Å². The van der Waals surface area contributed by atoms with Crippen molar-refractivity contribution in [3.05, 3.63) is 94.5 Å². The highest BCUT2D eigenvalue weighted by atomic mass is 79.9. The van der Waals surface area contributed by atoms with Crippen LogP contribution in [0.25, 0.3) is 0 Å². The first kappa shape index (κ1) is 19.2. The van der Waals surface area contributed by atoms with Crippen LogP contribution in [0, 0.1) is 0 Å². The molecule has 1 saturated heterocycles. The first-order valence-corrected chi connectivity index (χ1v) is 10.6. The molecular formula is C24H25BrN2O. The van der Waals surface area contributed by atoms with E-state index in [1.54, 1.807) is 0 Å². The maximum atomic E-state index is 6.10. The van der Waals surface area contributed by atoms with E-state index < -0.39 is 0 Å². The van der Waals surface area contributed by atoms with Gasteiger partial charge in [-0.2, -0.15) is 0 Å². The minimum atomic E-state index is 0.205. The van der Waals surface area contributed by atoms with Crippen molar-refractivity contribution >= 4 is 15.9 Å². The normalized spacial score (nSPS) is 16.3. The number of hydrogen-bond acceptors (Lipinski definition) is 3. The number of para-hydroxylation sites is 1. The van der Waals surface area contributed by atoms with Gasteiger partial charge in [-0.1, -0.05) is 58.4 Å². The number of nitrogens with zero attached hydrogens (tertiary/aromatic N) is 1. The number of ether oxygens (including phenoxy) is 1. The Hall–Kier alpha value is -2.14. The highest BCUT2D eigenvalue weighted by Crippen LogP contribution is 2.33. The summed E-state index contributed by atoms with van der Waals surface area (Å²) in [4.78, 5) is 2.57. The molecule has 1 aliphatic rings. The highest BCUT2D eigenvalue weighted by Gasteiger charge is 2.24. The molecule has 0 aromatic heterocycles. The average Bonchev–Trinajstić information content (AvgIpc) is 2.99. The van der Waals surface area contributed by atoms with Gasteiger partial charge in [0.25, 0.3) is 0 Å². The molecule has 28 heavy (non-hydrogen) atoms.